The van der Waals surface area contributed by atoms with Crippen molar-refractivity contribution in [2.24, 2.45) is 16.5 Å². The molecule has 14 heteroatoms. The summed E-state index contributed by atoms with van der Waals surface area (Å²) in [6, 6.07) is 9.12. The van der Waals surface area contributed by atoms with Crippen molar-refractivity contribution in [1.29, 1.82) is 0 Å². The molecular formula is C22H25N3O7S4. The second kappa shape index (κ2) is 10.8. The summed E-state index contributed by atoms with van der Waals surface area (Å²) in [5.74, 6) is -0.468. The molecule has 194 valence electrons. The average Bonchev–Trinajstić information content (AvgIpc) is 2.83. The summed E-state index contributed by atoms with van der Waals surface area (Å²) in [4.78, 5) is 28.2. The van der Waals surface area contributed by atoms with Crippen LogP contribution in [0.4, 0.5) is 0 Å². The predicted molar refractivity (Wildman–Crippen MR) is 139 cm³/mol. The van der Waals surface area contributed by atoms with Crippen LogP contribution in [0.15, 0.2) is 61.0 Å². The molecule has 2 aliphatic rings. The number of hydrogen-bond acceptors (Lipinski definition) is 9. The number of methoxy groups -OCH3 is 1. The second-order valence-electron chi connectivity index (χ2n) is 7.99. The third-order valence-corrected chi connectivity index (χ3v) is 13.1. The van der Waals surface area contributed by atoms with Crippen LogP contribution in [0.25, 0.3) is 0 Å². The molecule has 2 aromatic carbocycles. The molecule has 0 radical (unpaired) electrons. The minimum atomic E-state index is -3.39. The van der Waals surface area contributed by atoms with Crippen molar-refractivity contribution in [3.05, 3.63) is 47.5 Å². The third-order valence-electron chi connectivity index (χ3n) is 5.41. The number of sulfone groups is 2. The molecule has 4 rings (SSSR count). The van der Waals surface area contributed by atoms with Gasteiger partial charge >= 0.3 is 5.97 Å². The van der Waals surface area contributed by atoms with E-state index in [1.165, 1.54) is 48.8 Å². The van der Waals surface area contributed by atoms with E-state index >= 15 is 0 Å². The molecule has 2 heterocycles. The quantitative estimate of drug-likeness (QED) is 0.307. The number of benzene rings is 2. The number of nitrogens with two attached hydrogens (primary N) is 2. The van der Waals surface area contributed by atoms with Gasteiger partial charge in [0.05, 0.1) is 33.0 Å². The maximum Gasteiger partial charge on any atom is 0.337 e. The summed E-state index contributed by atoms with van der Waals surface area (Å²) in [6.45, 7) is 3.33. The van der Waals surface area contributed by atoms with Gasteiger partial charge in [-0.05, 0) is 50.2 Å². The minimum absolute atomic E-state index is 0.158. The number of carbonyl (C=O) groups excluding carboxylic acids is 2. The van der Waals surface area contributed by atoms with Gasteiger partial charge in [0.15, 0.2) is 25.6 Å². The van der Waals surface area contributed by atoms with Crippen molar-refractivity contribution in [3.63, 3.8) is 0 Å². The van der Waals surface area contributed by atoms with Gasteiger partial charge < -0.3 is 16.2 Å². The van der Waals surface area contributed by atoms with Crippen LogP contribution >= 0.6 is 23.5 Å². The van der Waals surface area contributed by atoms with Crippen LogP contribution in [0.5, 0.6) is 0 Å². The zero-order valence-electron chi connectivity index (χ0n) is 19.6. The molecule has 2 atom stereocenters. The fourth-order valence-corrected chi connectivity index (χ4v) is 9.88. The van der Waals surface area contributed by atoms with E-state index in [2.05, 4.69) is 9.73 Å². The van der Waals surface area contributed by atoms with Crippen LogP contribution in [0, 0.1) is 0 Å². The minimum Gasteiger partial charge on any atom is -0.465 e. The zero-order chi connectivity index (χ0) is 26.8. The molecule has 4 N–H and O–H groups in total. The van der Waals surface area contributed by atoms with Crippen molar-refractivity contribution in [3.8, 4) is 0 Å². The Labute approximate surface area is 218 Å². The van der Waals surface area contributed by atoms with Crippen LogP contribution in [0.1, 0.15) is 34.6 Å². The molecule has 0 aromatic heterocycles. The summed E-state index contributed by atoms with van der Waals surface area (Å²) in [7, 11) is -5.43. The standard InChI is InChI=1S/C11H13N3O3S2.C11H12O4S2/c1-6-5-18-8-3-2-7(10(15)14-11(12)13)4-9(8)19(6,16)17;1-7-6-16-9-4-3-8(11(12)15-2)5-10(9)17(7,13)14/h2-4,6H,5H2,1H3,(H4,12,13,14,15);3-5,7H,6H2,1-2H3. The molecule has 10 nitrogen and oxygen atoms in total. The number of ether oxygens (including phenoxy) is 1. The normalized spacial score (nSPS) is 21.0. The highest BCUT2D eigenvalue weighted by Gasteiger charge is 2.32. The fraction of sp³-hybridized carbons (Fsp3) is 0.318. The topological polar surface area (TPSA) is 176 Å². The van der Waals surface area contributed by atoms with Gasteiger partial charge in [0.2, 0.25) is 0 Å². The van der Waals surface area contributed by atoms with Crippen molar-refractivity contribution in [2.45, 2.75) is 43.9 Å². The predicted octanol–water partition coefficient (Wildman–Crippen LogP) is 2.11. The summed E-state index contributed by atoms with van der Waals surface area (Å²) < 4.78 is 53.2. The first kappa shape index (κ1) is 28.0. The number of rotatable bonds is 2. The highest BCUT2D eigenvalue weighted by molar-refractivity contribution is 8.03. The first-order valence-corrected chi connectivity index (χ1v) is 15.6. The number of thioether (sulfide) groups is 2. The Hall–Kier alpha value is -2.55. The number of carbonyl (C=O) groups is 2. The molecule has 2 unspecified atom stereocenters. The summed E-state index contributed by atoms with van der Waals surface area (Å²) >= 11 is 2.95. The van der Waals surface area contributed by atoms with Gasteiger partial charge in [0, 0.05) is 26.9 Å². The number of amides is 1. The van der Waals surface area contributed by atoms with E-state index in [9.17, 15) is 26.4 Å². The summed E-state index contributed by atoms with van der Waals surface area (Å²) in [6.07, 6.45) is 0. The third kappa shape index (κ3) is 5.71. The molecule has 0 spiro atoms. The number of esters is 1. The van der Waals surface area contributed by atoms with Gasteiger partial charge in [0.25, 0.3) is 5.91 Å². The summed E-state index contributed by atoms with van der Waals surface area (Å²) in [5.41, 5.74) is 10.7. The Morgan fingerprint density at radius 3 is 1.75 bits per heavy atom. The molecule has 1 amide bonds. The van der Waals surface area contributed by atoms with Crippen molar-refractivity contribution >= 4 is 61.0 Å². The van der Waals surface area contributed by atoms with Gasteiger partial charge in [-0.15, -0.1) is 23.5 Å². The van der Waals surface area contributed by atoms with Crippen LogP contribution in [-0.2, 0) is 24.4 Å². The molecule has 2 aliphatic heterocycles. The van der Waals surface area contributed by atoms with E-state index in [1.54, 1.807) is 32.0 Å². The number of fused-ring (bicyclic) bond motifs is 2. The molecule has 0 aliphatic carbocycles. The van der Waals surface area contributed by atoms with Crippen LogP contribution in [0.3, 0.4) is 0 Å². The van der Waals surface area contributed by atoms with Gasteiger partial charge in [-0.3, -0.25) is 4.79 Å². The Kier molecular flexibility index (Phi) is 8.43. The monoisotopic (exact) mass is 571 g/mol. The lowest BCUT2D eigenvalue weighted by atomic mass is 10.2. The van der Waals surface area contributed by atoms with Gasteiger partial charge in [-0.1, -0.05) is 0 Å². The average molecular weight is 572 g/mol. The number of nitrogens with zero attached hydrogens (tertiary/aromatic N) is 1. The fourth-order valence-electron chi connectivity index (χ4n) is 3.29. The summed E-state index contributed by atoms with van der Waals surface area (Å²) in [5, 5.41) is -0.897. The molecule has 36 heavy (non-hydrogen) atoms. The van der Waals surface area contributed by atoms with Crippen LogP contribution in [0.2, 0.25) is 0 Å². The SMILES string of the molecule is CC1CSc2ccc(C(=O)N=C(N)N)cc2S1(=O)=O.COC(=O)c1ccc2c(c1)S(=O)(=O)C(C)CS2. The molecule has 0 fully saturated rings. The second-order valence-corrected chi connectivity index (χ2v) is 14.8. The highest BCUT2D eigenvalue weighted by Crippen LogP contribution is 2.37. The Morgan fingerprint density at radius 1 is 0.861 bits per heavy atom. The smallest absolute Gasteiger partial charge is 0.337 e. The van der Waals surface area contributed by atoms with E-state index in [4.69, 9.17) is 11.5 Å². The molecular weight excluding hydrogens is 547 g/mol. The van der Waals surface area contributed by atoms with Crippen LogP contribution in [-0.4, -0.2) is 63.8 Å². The first-order chi connectivity index (χ1) is 16.8. The largest absolute Gasteiger partial charge is 0.465 e. The molecule has 0 saturated carbocycles. The number of aliphatic imine (C=N–C) groups is 1. The number of hydrogen-bond donors (Lipinski definition) is 2. The van der Waals surface area contributed by atoms with E-state index in [1.807, 2.05) is 0 Å². The van der Waals surface area contributed by atoms with Gasteiger partial charge in [-0.2, -0.15) is 4.99 Å². The first-order valence-electron chi connectivity index (χ1n) is 10.5. The van der Waals surface area contributed by atoms with E-state index in [-0.39, 0.29) is 26.9 Å². The Balaban J connectivity index is 0.000000202. The zero-order valence-corrected chi connectivity index (χ0v) is 22.9. The van der Waals surface area contributed by atoms with Crippen LogP contribution < -0.4 is 11.5 Å². The van der Waals surface area contributed by atoms with Crippen molar-refractivity contribution < 1.29 is 31.2 Å². The lowest BCUT2D eigenvalue weighted by molar-refractivity contribution is 0.0600. The molecule has 0 bridgehead atoms. The van der Waals surface area contributed by atoms with Crippen molar-refractivity contribution in [1.82, 2.24) is 0 Å². The number of guanidine groups is 1. The lowest BCUT2D eigenvalue weighted by Gasteiger charge is -2.21. The van der Waals surface area contributed by atoms with E-state index in [0.29, 0.717) is 21.3 Å². The molecule has 2 aromatic rings. The molecule has 0 saturated heterocycles. The van der Waals surface area contributed by atoms with E-state index < -0.39 is 42.1 Å². The lowest BCUT2D eigenvalue weighted by Crippen LogP contribution is -2.26. The maximum atomic E-state index is 12.2. The van der Waals surface area contributed by atoms with Gasteiger partial charge in [0.1, 0.15) is 0 Å². The maximum absolute atomic E-state index is 12.2. The van der Waals surface area contributed by atoms with E-state index in [0.717, 1.165) is 0 Å². The Morgan fingerprint density at radius 2 is 1.31 bits per heavy atom. The van der Waals surface area contributed by atoms with Gasteiger partial charge in [-0.25, -0.2) is 21.6 Å². The highest BCUT2D eigenvalue weighted by atomic mass is 32.2. The Bertz CT molecular complexity index is 1450. The van der Waals surface area contributed by atoms with Crippen molar-refractivity contribution in [2.75, 3.05) is 18.6 Å².